The predicted molar refractivity (Wildman–Crippen MR) is 233 cm³/mol. The third-order valence-electron chi connectivity index (χ3n) is 12.2. The van der Waals surface area contributed by atoms with Crippen LogP contribution in [0.1, 0.15) is 71.1 Å². The maximum atomic E-state index is 7.13. The summed E-state index contributed by atoms with van der Waals surface area (Å²) in [5, 5.41) is 2.19. The van der Waals surface area contributed by atoms with Crippen molar-refractivity contribution in [1.29, 1.82) is 0 Å². The van der Waals surface area contributed by atoms with E-state index in [0.717, 1.165) is 109 Å². The van der Waals surface area contributed by atoms with E-state index in [0.29, 0.717) is 26.4 Å². The van der Waals surface area contributed by atoms with Gasteiger partial charge in [-0.05, 0) is 101 Å². The third-order valence-corrected chi connectivity index (χ3v) is 12.2. The van der Waals surface area contributed by atoms with Crippen molar-refractivity contribution in [3.63, 3.8) is 0 Å². The van der Waals surface area contributed by atoms with Crippen molar-refractivity contribution < 1.29 is 27.8 Å². The van der Waals surface area contributed by atoms with Gasteiger partial charge in [-0.2, -0.15) is 0 Å². The summed E-state index contributed by atoms with van der Waals surface area (Å²) in [4.78, 5) is 4.59. The molecule has 4 aliphatic rings. The number of ether oxygens (including phenoxy) is 4. The summed E-state index contributed by atoms with van der Waals surface area (Å²) in [5.41, 5.74) is 12.5. The van der Waals surface area contributed by atoms with Gasteiger partial charge in [0.1, 0.15) is 11.2 Å². The summed E-state index contributed by atoms with van der Waals surface area (Å²) in [5.74, 6) is 4.57. The summed E-state index contributed by atoms with van der Waals surface area (Å²) in [6, 6.07) is 30.5. The molecule has 0 N–H and O–H groups in total. The number of nitrogens with zero attached hydrogens (tertiary/aromatic N) is 2. The molecule has 6 heterocycles. The lowest BCUT2D eigenvalue weighted by atomic mass is 9.33. The van der Waals surface area contributed by atoms with Crippen molar-refractivity contribution in [2.45, 2.75) is 72.1 Å². The zero-order valence-electron chi connectivity index (χ0n) is 34.2. The van der Waals surface area contributed by atoms with E-state index in [-0.39, 0.29) is 17.5 Å². The van der Waals surface area contributed by atoms with Gasteiger partial charge in [0, 0.05) is 58.0 Å². The minimum atomic E-state index is -0.211. The molecule has 11 rings (SSSR count). The fourth-order valence-electron chi connectivity index (χ4n) is 9.20. The number of fused-ring (bicyclic) bond motifs is 10. The van der Waals surface area contributed by atoms with Crippen LogP contribution in [0.15, 0.2) is 93.8 Å². The van der Waals surface area contributed by atoms with Gasteiger partial charge in [-0.25, -0.2) is 0 Å². The monoisotopic (exact) mass is 770 g/mol. The van der Waals surface area contributed by atoms with Crippen LogP contribution in [0.2, 0.25) is 0 Å². The quantitative estimate of drug-likeness (QED) is 0.161. The highest BCUT2D eigenvalue weighted by molar-refractivity contribution is 7.02. The van der Waals surface area contributed by atoms with Gasteiger partial charge in [-0.1, -0.05) is 53.7 Å². The van der Waals surface area contributed by atoms with Gasteiger partial charge < -0.3 is 27.8 Å². The molecule has 0 saturated heterocycles. The Hall–Kier alpha value is -5.96. The minimum absolute atomic E-state index is 0.0726. The second kappa shape index (κ2) is 12.5. The molecule has 5 aromatic carbocycles. The van der Waals surface area contributed by atoms with E-state index in [4.69, 9.17) is 27.8 Å². The van der Waals surface area contributed by atoms with Crippen LogP contribution < -0.4 is 45.1 Å². The summed E-state index contributed by atoms with van der Waals surface area (Å²) in [6.07, 6.45) is 1.66. The Morgan fingerprint density at radius 3 is 1.34 bits per heavy atom. The van der Waals surface area contributed by atoms with Gasteiger partial charge in [0.2, 0.25) is 11.8 Å². The Balaban J connectivity index is 1.26. The Labute approximate surface area is 339 Å². The number of hydrogen-bond donors (Lipinski definition) is 0. The van der Waals surface area contributed by atoms with Gasteiger partial charge in [0.05, 0.1) is 37.8 Å². The van der Waals surface area contributed by atoms with Gasteiger partial charge >= 0.3 is 0 Å². The largest absolute Gasteiger partial charge is 0.490 e. The van der Waals surface area contributed by atoms with Crippen LogP contribution in [0.25, 0.3) is 21.9 Å². The minimum Gasteiger partial charge on any atom is -0.490 e. The summed E-state index contributed by atoms with van der Waals surface area (Å²) in [6.45, 7) is 18.0. The van der Waals surface area contributed by atoms with Gasteiger partial charge in [-0.15, -0.1) is 0 Å². The first-order valence-electron chi connectivity index (χ1n) is 20.6. The number of aryl methyl sites for hydroxylation is 1. The SMILES string of the molecule is Cc1cc2c3c(c1)N(c1ccc4c(c1)OCCCO4)c1oc4ccc(C(C)(C)C)cc4c1B3c1c(oc3ccc(C(C)(C)C)cc13)N2c1ccc2c(c1)OCCCO2. The highest BCUT2D eigenvalue weighted by Crippen LogP contribution is 2.50. The second-order valence-electron chi connectivity index (χ2n) is 18.2. The molecule has 0 saturated carbocycles. The Morgan fingerprint density at radius 2 is 0.914 bits per heavy atom. The van der Waals surface area contributed by atoms with Crippen LogP contribution in [0.4, 0.5) is 34.5 Å². The molecule has 8 nitrogen and oxygen atoms in total. The number of furan rings is 2. The normalized spacial score (nSPS) is 15.9. The van der Waals surface area contributed by atoms with Crippen LogP contribution in [0.3, 0.4) is 0 Å². The number of benzene rings is 5. The van der Waals surface area contributed by atoms with Gasteiger partial charge in [0.15, 0.2) is 23.0 Å². The van der Waals surface area contributed by atoms with Crippen molar-refractivity contribution in [3.8, 4) is 23.0 Å². The lowest BCUT2D eigenvalue weighted by molar-refractivity contribution is 0.296. The summed E-state index contributed by atoms with van der Waals surface area (Å²) in [7, 11) is 0. The maximum Gasteiger partial charge on any atom is 0.262 e. The first-order valence-corrected chi connectivity index (χ1v) is 20.6. The standard InChI is InChI=1S/C49H47BN2O6/c1-28-22-35-45-36(23-28)52(32-13-17-40-42(27-32)56-21-9-19-54-40)47-44(34-25-30(49(5,6)7)11-15-38(34)58-47)50(45)43-33-24-29(48(2,3)4)10-14-37(33)57-46(43)51(35)31-12-16-39-41(26-31)55-20-8-18-53-39/h10-17,22-27H,8-9,18-21H2,1-7H3. The lowest BCUT2D eigenvalue weighted by Crippen LogP contribution is -2.60. The van der Waals surface area contributed by atoms with Crippen LogP contribution in [0.5, 0.6) is 23.0 Å². The van der Waals surface area contributed by atoms with Crippen LogP contribution >= 0.6 is 0 Å². The molecule has 0 unspecified atom stereocenters. The molecule has 0 bridgehead atoms. The topological polar surface area (TPSA) is 69.7 Å². The second-order valence-corrected chi connectivity index (χ2v) is 18.2. The molecule has 0 atom stereocenters. The van der Waals surface area contributed by atoms with E-state index in [1.807, 2.05) is 12.1 Å². The van der Waals surface area contributed by atoms with Crippen molar-refractivity contribution in [2.24, 2.45) is 0 Å². The average Bonchev–Trinajstić information content (AvgIpc) is 3.53. The fraction of sp³-hybridized carbons (Fsp3) is 0.306. The van der Waals surface area contributed by atoms with Crippen LogP contribution in [-0.2, 0) is 10.8 Å². The smallest absolute Gasteiger partial charge is 0.262 e. The number of rotatable bonds is 2. The third kappa shape index (κ3) is 5.35. The first-order chi connectivity index (χ1) is 27.9. The van der Waals surface area contributed by atoms with E-state index < -0.39 is 0 Å². The molecule has 0 fully saturated rings. The average molecular weight is 771 g/mol. The van der Waals surface area contributed by atoms with Gasteiger partial charge in [-0.3, -0.25) is 9.80 Å². The van der Waals surface area contributed by atoms with Crippen molar-refractivity contribution in [2.75, 3.05) is 36.2 Å². The van der Waals surface area contributed by atoms with E-state index in [1.54, 1.807) is 0 Å². The van der Waals surface area contributed by atoms with Gasteiger partial charge in [0.25, 0.3) is 6.71 Å². The molecule has 9 heteroatoms. The Morgan fingerprint density at radius 1 is 0.483 bits per heavy atom. The Kier molecular flexibility index (Phi) is 7.60. The molecule has 4 aliphatic heterocycles. The molecule has 2 aromatic heterocycles. The van der Waals surface area contributed by atoms with Crippen LogP contribution in [-0.4, -0.2) is 33.1 Å². The number of hydrogen-bond acceptors (Lipinski definition) is 8. The molecule has 0 spiro atoms. The van der Waals surface area contributed by atoms with Crippen molar-refractivity contribution in [3.05, 3.63) is 102 Å². The molecule has 7 aromatic rings. The summed E-state index contributed by atoms with van der Waals surface area (Å²) >= 11 is 0. The molecule has 292 valence electrons. The predicted octanol–water partition coefficient (Wildman–Crippen LogP) is 10.5. The highest BCUT2D eigenvalue weighted by atomic mass is 16.5. The molecule has 0 amide bonds. The van der Waals surface area contributed by atoms with Crippen LogP contribution in [0, 0.1) is 6.92 Å². The lowest BCUT2D eigenvalue weighted by Gasteiger charge is -2.40. The molecule has 58 heavy (non-hydrogen) atoms. The van der Waals surface area contributed by atoms with E-state index in [1.165, 1.54) is 16.6 Å². The zero-order valence-corrected chi connectivity index (χ0v) is 34.2. The fourth-order valence-corrected chi connectivity index (χ4v) is 9.20. The first kappa shape index (κ1) is 35.2. The Bertz CT molecular complexity index is 2630. The van der Waals surface area contributed by atoms with E-state index >= 15 is 0 Å². The molecular weight excluding hydrogens is 723 g/mol. The molecular formula is C49H47BN2O6. The van der Waals surface area contributed by atoms with E-state index in [2.05, 4.69) is 131 Å². The van der Waals surface area contributed by atoms with E-state index in [9.17, 15) is 0 Å². The molecule has 0 aliphatic carbocycles. The maximum absolute atomic E-state index is 7.13. The van der Waals surface area contributed by atoms with Crippen molar-refractivity contribution >= 4 is 79.6 Å². The zero-order chi connectivity index (χ0) is 39.7. The molecule has 0 radical (unpaired) electrons. The summed E-state index contributed by atoms with van der Waals surface area (Å²) < 4.78 is 39.1. The van der Waals surface area contributed by atoms with Crippen molar-refractivity contribution in [1.82, 2.24) is 0 Å². The highest BCUT2D eigenvalue weighted by Gasteiger charge is 2.49. The number of anilines is 6.